The Hall–Kier alpha value is -1.10. The van der Waals surface area contributed by atoms with Crippen molar-refractivity contribution in [3.05, 3.63) is 0 Å². The number of rotatable bonds is 4. The minimum absolute atomic E-state index is 0.0872. The summed E-state index contributed by atoms with van der Waals surface area (Å²) in [4.78, 5) is 25.3. The average Bonchev–Trinajstić information content (AvgIpc) is 3.02. The Bertz CT molecular complexity index is 253. The van der Waals surface area contributed by atoms with E-state index in [4.69, 9.17) is 0 Å². The fourth-order valence-corrected chi connectivity index (χ4v) is 2.44. The maximum absolute atomic E-state index is 11.7. The van der Waals surface area contributed by atoms with Crippen LogP contribution in [0.25, 0.3) is 0 Å². The first-order valence-corrected chi connectivity index (χ1v) is 6.53. The van der Waals surface area contributed by atoms with Crippen molar-refractivity contribution < 1.29 is 9.59 Å². The van der Waals surface area contributed by atoms with Gasteiger partial charge in [-0.2, -0.15) is 0 Å². The standard InChI is InChI=1S/C12H21N3O2/c16-11(15-7-1-2-8-15)4-6-14-12(17)10-3-5-13-9-10/h10,13H,1-9H2,(H,14,17). The minimum atomic E-state index is 0.0872. The van der Waals surface area contributed by atoms with Crippen LogP contribution in [0, 0.1) is 5.92 Å². The summed E-state index contributed by atoms with van der Waals surface area (Å²) in [5, 5.41) is 6.01. The van der Waals surface area contributed by atoms with Gasteiger partial charge in [-0.15, -0.1) is 0 Å². The summed E-state index contributed by atoms with van der Waals surface area (Å²) in [5.41, 5.74) is 0. The van der Waals surface area contributed by atoms with Gasteiger partial charge in [0.05, 0.1) is 5.92 Å². The fourth-order valence-electron chi connectivity index (χ4n) is 2.44. The molecule has 1 unspecified atom stereocenters. The topological polar surface area (TPSA) is 61.4 Å². The molecular formula is C12H21N3O2. The lowest BCUT2D eigenvalue weighted by molar-refractivity contribution is -0.130. The van der Waals surface area contributed by atoms with E-state index in [0.29, 0.717) is 13.0 Å². The summed E-state index contributed by atoms with van der Waals surface area (Å²) in [6.45, 7) is 3.94. The summed E-state index contributed by atoms with van der Waals surface area (Å²) in [6.07, 6.45) is 3.58. The highest BCUT2D eigenvalue weighted by Crippen LogP contribution is 2.09. The normalized spacial score (nSPS) is 24.0. The van der Waals surface area contributed by atoms with Gasteiger partial charge in [0.2, 0.25) is 11.8 Å². The SMILES string of the molecule is O=C(NCCC(=O)N1CCCC1)C1CCNC1. The predicted octanol–water partition coefficient (Wildman–Crippen LogP) is -0.275. The van der Waals surface area contributed by atoms with E-state index in [1.165, 1.54) is 0 Å². The molecule has 0 spiro atoms. The highest BCUT2D eigenvalue weighted by Gasteiger charge is 2.22. The Morgan fingerprint density at radius 2 is 2.06 bits per heavy atom. The lowest BCUT2D eigenvalue weighted by atomic mass is 10.1. The maximum Gasteiger partial charge on any atom is 0.224 e. The van der Waals surface area contributed by atoms with Crippen LogP contribution in [0.4, 0.5) is 0 Å². The zero-order valence-electron chi connectivity index (χ0n) is 10.2. The number of nitrogens with one attached hydrogen (secondary N) is 2. The number of likely N-dealkylation sites (tertiary alicyclic amines) is 1. The Morgan fingerprint density at radius 3 is 2.71 bits per heavy atom. The van der Waals surface area contributed by atoms with Gasteiger partial charge >= 0.3 is 0 Å². The first-order chi connectivity index (χ1) is 8.27. The zero-order chi connectivity index (χ0) is 12.1. The number of carbonyl (C=O) groups is 2. The summed E-state index contributed by atoms with van der Waals surface area (Å²) < 4.78 is 0. The molecule has 2 N–H and O–H groups in total. The lowest BCUT2D eigenvalue weighted by Crippen LogP contribution is -2.36. The second kappa shape index (κ2) is 6.00. The van der Waals surface area contributed by atoms with Crippen LogP contribution in [0.15, 0.2) is 0 Å². The molecule has 5 heteroatoms. The van der Waals surface area contributed by atoms with Crippen molar-refractivity contribution in [3.63, 3.8) is 0 Å². The Labute approximate surface area is 102 Å². The van der Waals surface area contributed by atoms with Gasteiger partial charge in [0.25, 0.3) is 0 Å². The molecule has 5 nitrogen and oxygen atoms in total. The van der Waals surface area contributed by atoms with Crippen molar-refractivity contribution in [1.29, 1.82) is 0 Å². The fraction of sp³-hybridized carbons (Fsp3) is 0.833. The lowest BCUT2D eigenvalue weighted by Gasteiger charge is -2.15. The van der Waals surface area contributed by atoms with Gasteiger partial charge in [-0.05, 0) is 25.8 Å². The van der Waals surface area contributed by atoms with Gasteiger partial charge in [0.1, 0.15) is 0 Å². The monoisotopic (exact) mass is 239 g/mol. The van der Waals surface area contributed by atoms with Gasteiger partial charge in [-0.3, -0.25) is 9.59 Å². The van der Waals surface area contributed by atoms with Crippen molar-refractivity contribution >= 4 is 11.8 Å². The first kappa shape index (κ1) is 12.4. The molecule has 0 aromatic rings. The molecule has 17 heavy (non-hydrogen) atoms. The van der Waals surface area contributed by atoms with Crippen molar-refractivity contribution in [1.82, 2.24) is 15.5 Å². The number of hydrogen-bond donors (Lipinski definition) is 2. The largest absolute Gasteiger partial charge is 0.355 e. The molecule has 2 aliphatic rings. The van der Waals surface area contributed by atoms with Gasteiger partial charge in [-0.25, -0.2) is 0 Å². The van der Waals surface area contributed by atoms with Crippen molar-refractivity contribution in [2.24, 2.45) is 5.92 Å². The molecule has 0 aromatic carbocycles. The van der Waals surface area contributed by atoms with E-state index in [1.807, 2.05) is 4.90 Å². The molecule has 2 heterocycles. The molecule has 2 saturated heterocycles. The van der Waals surface area contributed by atoms with E-state index in [9.17, 15) is 9.59 Å². The third-order valence-corrected chi connectivity index (χ3v) is 3.53. The Morgan fingerprint density at radius 1 is 1.29 bits per heavy atom. The molecule has 0 saturated carbocycles. The van der Waals surface area contributed by atoms with Crippen molar-refractivity contribution in [3.8, 4) is 0 Å². The molecule has 0 radical (unpaired) electrons. The van der Waals surface area contributed by atoms with Crippen LogP contribution in [0.1, 0.15) is 25.7 Å². The molecule has 2 fully saturated rings. The van der Waals surface area contributed by atoms with E-state index in [-0.39, 0.29) is 17.7 Å². The third kappa shape index (κ3) is 3.43. The summed E-state index contributed by atoms with van der Waals surface area (Å²) in [6, 6.07) is 0. The number of amides is 2. The smallest absolute Gasteiger partial charge is 0.224 e. The van der Waals surface area contributed by atoms with Crippen LogP contribution in [0.3, 0.4) is 0 Å². The van der Waals surface area contributed by atoms with Crippen LogP contribution in [-0.2, 0) is 9.59 Å². The van der Waals surface area contributed by atoms with Gasteiger partial charge in [-0.1, -0.05) is 0 Å². The van der Waals surface area contributed by atoms with E-state index in [2.05, 4.69) is 10.6 Å². The molecule has 0 aliphatic carbocycles. The van der Waals surface area contributed by atoms with Crippen LogP contribution in [0.5, 0.6) is 0 Å². The molecule has 1 atom stereocenters. The van der Waals surface area contributed by atoms with Crippen LogP contribution < -0.4 is 10.6 Å². The van der Waals surface area contributed by atoms with Crippen molar-refractivity contribution in [2.45, 2.75) is 25.7 Å². The predicted molar refractivity (Wildman–Crippen MR) is 64.4 cm³/mol. The molecule has 2 amide bonds. The van der Waals surface area contributed by atoms with E-state index < -0.39 is 0 Å². The van der Waals surface area contributed by atoms with E-state index in [1.54, 1.807) is 0 Å². The number of nitrogens with zero attached hydrogens (tertiary/aromatic N) is 1. The van der Waals surface area contributed by atoms with E-state index >= 15 is 0 Å². The Kier molecular flexibility index (Phi) is 4.36. The van der Waals surface area contributed by atoms with Crippen LogP contribution >= 0.6 is 0 Å². The maximum atomic E-state index is 11.7. The third-order valence-electron chi connectivity index (χ3n) is 3.53. The second-order valence-corrected chi connectivity index (χ2v) is 4.82. The molecule has 2 aliphatic heterocycles. The number of carbonyl (C=O) groups excluding carboxylic acids is 2. The highest BCUT2D eigenvalue weighted by molar-refractivity contribution is 5.81. The van der Waals surface area contributed by atoms with Crippen LogP contribution in [0.2, 0.25) is 0 Å². The minimum Gasteiger partial charge on any atom is -0.355 e. The first-order valence-electron chi connectivity index (χ1n) is 6.53. The average molecular weight is 239 g/mol. The zero-order valence-corrected chi connectivity index (χ0v) is 10.2. The molecule has 2 rings (SSSR count). The Balaban J connectivity index is 1.61. The molecular weight excluding hydrogens is 218 g/mol. The molecule has 96 valence electrons. The molecule has 0 aromatic heterocycles. The highest BCUT2D eigenvalue weighted by atomic mass is 16.2. The summed E-state index contributed by atoms with van der Waals surface area (Å²) in [7, 11) is 0. The van der Waals surface area contributed by atoms with E-state index in [0.717, 1.165) is 45.4 Å². The van der Waals surface area contributed by atoms with Crippen molar-refractivity contribution in [2.75, 3.05) is 32.7 Å². The van der Waals surface area contributed by atoms with Crippen LogP contribution in [-0.4, -0.2) is 49.4 Å². The quantitative estimate of drug-likeness (QED) is 0.709. The van der Waals surface area contributed by atoms with Gasteiger partial charge < -0.3 is 15.5 Å². The number of hydrogen-bond acceptors (Lipinski definition) is 3. The summed E-state index contributed by atoms with van der Waals surface area (Å²) in [5.74, 6) is 0.355. The van der Waals surface area contributed by atoms with Gasteiger partial charge in [0.15, 0.2) is 0 Å². The molecule has 0 bridgehead atoms. The summed E-state index contributed by atoms with van der Waals surface area (Å²) >= 11 is 0. The second-order valence-electron chi connectivity index (χ2n) is 4.82. The van der Waals surface area contributed by atoms with Gasteiger partial charge in [0, 0.05) is 32.6 Å².